The van der Waals surface area contributed by atoms with Crippen molar-refractivity contribution in [3.05, 3.63) is 46.5 Å². The highest BCUT2D eigenvalue weighted by Gasteiger charge is 2.25. The average Bonchev–Trinajstić information content (AvgIpc) is 2.93. The molecule has 0 atom stereocenters. The standard InChI is InChI=1S/C15H15ClN4O2/c1-2-22-14(21)10-9-18-15-19(7-8-20(15)13(10)17)12-6-4-3-5-11(12)16/h3-6,9,17H,2,7-8H2,1H3. The number of hydrogen-bond donors (Lipinski definition) is 1. The van der Waals surface area contributed by atoms with Crippen LogP contribution in [0.1, 0.15) is 17.3 Å². The van der Waals surface area contributed by atoms with Crippen LogP contribution in [0.2, 0.25) is 5.02 Å². The van der Waals surface area contributed by atoms with E-state index in [1.165, 1.54) is 6.20 Å². The Bertz CT molecular complexity index is 787. The van der Waals surface area contributed by atoms with E-state index in [9.17, 15) is 4.79 Å². The minimum absolute atomic E-state index is 0.109. The van der Waals surface area contributed by atoms with Crippen molar-refractivity contribution in [2.24, 2.45) is 0 Å². The number of nitrogens with one attached hydrogen (secondary N) is 1. The molecule has 1 aliphatic heterocycles. The van der Waals surface area contributed by atoms with E-state index in [0.717, 1.165) is 5.69 Å². The summed E-state index contributed by atoms with van der Waals surface area (Å²) in [5.74, 6) is 0.0811. The number of ether oxygens (including phenoxy) is 1. The van der Waals surface area contributed by atoms with E-state index in [-0.39, 0.29) is 17.7 Å². The van der Waals surface area contributed by atoms with Gasteiger partial charge in [-0.2, -0.15) is 0 Å². The highest BCUT2D eigenvalue weighted by atomic mass is 35.5. The molecular formula is C15H15ClN4O2. The van der Waals surface area contributed by atoms with Crippen LogP contribution < -0.4 is 10.4 Å². The fourth-order valence-corrected chi connectivity index (χ4v) is 2.72. The SMILES string of the molecule is CCOC(=O)c1cnc2n(c1=N)CCN2c1ccccc1Cl. The maximum atomic E-state index is 11.8. The summed E-state index contributed by atoms with van der Waals surface area (Å²) in [7, 11) is 0. The summed E-state index contributed by atoms with van der Waals surface area (Å²) in [6, 6.07) is 7.48. The van der Waals surface area contributed by atoms with E-state index in [1.807, 2.05) is 29.2 Å². The molecular weight excluding hydrogens is 304 g/mol. The molecule has 0 saturated heterocycles. The Labute approximate surface area is 132 Å². The maximum Gasteiger partial charge on any atom is 0.343 e. The van der Waals surface area contributed by atoms with Crippen LogP contribution in [0, 0.1) is 5.41 Å². The minimum Gasteiger partial charge on any atom is -0.462 e. The number of carbonyl (C=O) groups excluding carboxylic acids is 1. The number of para-hydroxylation sites is 1. The first-order valence-electron chi connectivity index (χ1n) is 6.97. The summed E-state index contributed by atoms with van der Waals surface area (Å²) in [5, 5.41) is 8.83. The fourth-order valence-electron chi connectivity index (χ4n) is 2.48. The lowest BCUT2D eigenvalue weighted by molar-refractivity contribution is 0.0522. The summed E-state index contributed by atoms with van der Waals surface area (Å²) >= 11 is 6.23. The van der Waals surface area contributed by atoms with Crippen LogP contribution in [0.15, 0.2) is 30.5 Å². The number of carbonyl (C=O) groups is 1. The molecule has 2 heterocycles. The third-order valence-electron chi connectivity index (χ3n) is 3.50. The summed E-state index contributed by atoms with van der Waals surface area (Å²) in [6.45, 7) is 3.22. The van der Waals surface area contributed by atoms with Crippen LogP contribution in [0.5, 0.6) is 0 Å². The average molecular weight is 319 g/mol. The Balaban J connectivity index is 2.04. The van der Waals surface area contributed by atoms with Crippen LogP contribution in [0.4, 0.5) is 11.6 Å². The molecule has 0 spiro atoms. The number of nitrogens with zero attached hydrogens (tertiary/aromatic N) is 3. The third-order valence-corrected chi connectivity index (χ3v) is 3.82. The van der Waals surface area contributed by atoms with Crippen molar-refractivity contribution in [1.29, 1.82) is 5.41 Å². The van der Waals surface area contributed by atoms with Gasteiger partial charge < -0.3 is 9.64 Å². The molecule has 3 rings (SSSR count). The highest BCUT2D eigenvalue weighted by molar-refractivity contribution is 6.33. The molecule has 1 aromatic carbocycles. The van der Waals surface area contributed by atoms with Crippen LogP contribution in [-0.2, 0) is 11.3 Å². The quantitative estimate of drug-likeness (QED) is 0.882. The lowest BCUT2D eigenvalue weighted by Gasteiger charge is -2.18. The molecule has 2 aromatic rings. The van der Waals surface area contributed by atoms with Gasteiger partial charge in [0.25, 0.3) is 0 Å². The Morgan fingerprint density at radius 3 is 2.91 bits per heavy atom. The highest BCUT2D eigenvalue weighted by Crippen LogP contribution is 2.32. The van der Waals surface area contributed by atoms with Crippen LogP contribution >= 0.6 is 11.6 Å². The van der Waals surface area contributed by atoms with Crippen molar-refractivity contribution in [2.45, 2.75) is 13.5 Å². The van der Waals surface area contributed by atoms with Gasteiger partial charge in [0.15, 0.2) is 0 Å². The van der Waals surface area contributed by atoms with Crippen LogP contribution in [0.25, 0.3) is 0 Å². The number of fused-ring (bicyclic) bond motifs is 1. The molecule has 0 fully saturated rings. The van der Waals surface area contributed by atoms with E-state index in [2.05, 4.69) is 4.98 Å². The fraction of sp³-hybridized carbons (Fsp3) is 0.267. The molecule has 0 aliphatic carbocycles. The molecule has 0 amide bonds. The minimum atomic E-state index is -0.522. The zero-order valence-electron chi connectivity index (χ0n) is 12.0. The Hall–Kier alpha value is -2.34. The van der Waals surface area contributed by atoms with E-state index >= 15 is 0 Å². The molecule has 0 bridgehead atoms. The largest absolute Gasteiger partial charge is 0.462 e. The monoisotopic (exact) mass is 318 g/mol. The van der Waals surface area contributed by atoms with E-state index < -0.39 is 5.97 Å². The number of aromatic nitrogens is 2. The van der Waals surface area contributed by atoms with Gasteiger partial charge in [0.1, 0.15) is 11.1 Å². The van der Waals surface area contributed by atoms with Crippen molar-refractivity contribution in [2.75, 3.05) is 18.1 Å². The van der Waals surface area contributed by atoms with Crippen LogP contribution in [0.3, 0.4) is 0 Å². The van der Waals surface area contributed by atoms with Crippen LogP contribution in [-0.4, -0.2) is 28.7 Å². The summed E-state index contributed by atoms with van der Waals surface area (Å²) < 4.78 is 6.64. The van der Waals surface area contributed by atoms with Gasteiger partial charge in [-0.1, -0.05) is 23.7 Å². The number of benzene rings is 1. The first kappa shape index (κ1) is 14.6. The smallest absolute Gasteiger partial charge is 0.343 e. The molecule has 1 aliphatic rings. The summed E-state index contributed by atoms with van der Waals surface area (Å²) in [5.41, 5.74) is 1.12. The molecule has 6 nitrogen and oxygen atoms in total. The summed E-state index contributed by atoms with van der Waals surface area (Å²) in [6.07, 6.45) is 1.39. The van der Waals surface area contributed by atoms with Crippen molar-refractivity contribution >= 4 is 29.2 Å². The van der Waals surface area contributed by atoms with Crippen molar-refractivity contribution in [3.8, 4) is 0 Å². The molecule has 22 heavy (non-hydrogen) atoms. The van der Waals surface area contributed by atoms with Gasteiger partial charge in [-0.05, 0) is 19.1 Å². The first-order chi connectivity index (χ1) is 10.6. The number of anilines is 2. The Morgan fingerprint density at radius 2 is 2.18 bits per heavy atom. The molecule has 1 N–H and O–H groups in total. The van der Waals surface area contributed by atoms with E-state index in [1.54, 1.807) is 11.5 Å². The third kappa shape index (κ3) is 2.35. The molecule has 0 radical (unpaired) electrons. The maximum absolute atomic E-state index is 11.8. The normalized spacial score (nSPS) is 13.1. The first-order valence-corrected chi connectivity index (χ1v) is 7.35. The Morgan fingerprint density at radius 1 is 1.41 bits per heavy atom. The topological polar surface area (TPSA) is 71.2 Å². The lowest BCUT2D eigenvalue weighted by atomic mass is 10.3. The van der Waals surface area contributed by atoms with E-state index in [0.29, 0.717) is 24.1 Å². The lowest BCUT2D eigenvalue weighted by Crippen LogP contribution is -2.27. The van der Waals surface area contributed by atoms with Crippen molar-refractivity contribution in [3.63, 3.8) is 0 Å². The van der Waals surface area contributed by atoms with Gasteiger partial charge >= 0.3 is 5.97 Å². The van der Waals surface area contributed by atoms with Crippen molar-refractivity contribution < 1.29 is 9.53 Å². The van der Waals surface area contributed by atoms with E-state index in [4.69, 9.17) is 21.7 Å². The van der Waals surface area contributed by atoms with Gasteiger partial charge in [-0.25, -0.2) is 9.78 Å². The number of esters is 1. The second-order valence-corrected chi connectivity index (χ2v) is 5.20. The number of halogens is 1. The van der Waals surface area contributed by atoms with Gasteiger partial charge in [-0.15, -0.1) is 0 Å². The predicted octanol–water partition coefficient (Wildman–Crippen LogP) is 2.34. The number of rotatable bonds is 3. The van der Waals surface area contributed by atoms with Gasteiger partial charge in [0.05, 0.1) is 17.3 Å². The van der Waals surface area contributed by atoms with Gasteiger partial charge in [-0.3, -0.25) is 9.98 Å². The molecule has 114 valence electrons. The zero-order chi connectivity index (χ0) is 15.7. The predicted molar refractivity (Wildman–Crippen MR) is 82.5 cm³/mol. The van der Waals surface area contributed by atoms with Gasteiger partial charge in [0.2, 0.25) is 5.95 Å². The molecule has 0 unspecified atom stereocenters. The number of hydrogen-bond acceptors (Lipinski definition) is 5. The molecule has 7 heteroatoms. The molecule has 1 aromatic heterocycles. The Kier molecular flexibility index (Phi) is 3.85. The second-order valence-electron chi connectivity index (χ2n) is 4.80. The van der Waals surface area contributed by atoms with Gasteiger partial charge in [0, 0.05) is 19.3 Å². The second kappa shape index (κ2) is 5.81. The van der Waals surface area contributed by atoms with Crippen molar-refractivity contribution in [1.82, 2.24) is 9.55 Å². The zero-order valence-corrected chi connectivity index (χ0v) is 12.8. The molecule has 0 saturated carbocycles. The summed E-state index contributed by atoms with van der Waals surface area (Å²) in [4.78, 5) is 18.1.